The van der Waals surface area contributed by atoms with Crippen molar-refractivity contribution in [3.8, 4) is 0 Å². The third-order valence-electron chi connectivity index (χ3n) is 0.461. The molecule has 0 unspecified atom stereocenters. The summed E-state index contributed by atoms with van der Waals surface area (Å²) in [5, 5.41) is 0. The van der Waals surface area contributed by atoms with E-state index in [4.69, 9.17) is 0 Å². The molecule has 0 bridgehead atoms. The molecule has 0 aromatic rings. The lowest BCUT2D eigenvalue weighted by molar-refractivity contribution is -0.140. The number of hydrogen-bond acceptors (Lipinski definition) is 4. The van der Waals surface area contributed by atoms with E-state index < -0.39 is 11.9 Å². The molecule has 0 spiro atoms. The molecule has 4 nitrogen and oxygen atoms in total. The van der Waals surface area contributed by atoms with Crippen molar-refractivity contribution >= 4 is 58.0 Å². The number of hydrogen-bond donors (Lipinski definition) is 0. The van der Waals surface area contributed by atoms with Gasteiger partial charge in [0.2, 0.25) is 0 Å². The lowest BCUT2D eigenvalue weighted by atomic mass is 10.5. The number of halogens is 2. The van der Waals surface area contributed by atoms with Gasteiger partial charge in [-0.2, -0.15) is 0 Å². The highest BCUT2D eigenvalue weighted by molar-refractivity contribution is 14.1. The van der Waals surface area contributed by atoms with Gasteiger partial charge >= 0.3 is 11.9 Å². The van der Waals surface area contributed by atoms with Gasteiger partial charge in [0.15, 0.2) is 46.0 Å². The Morgan fingerprint density at radius 2 is 1.44 bits per heavy atom. The predicted octanol–water partition coefficient (Wildman–Crippen LogP) is 1.16. The SMILES string of the molecule is O=C(CC(=O)OI)OI. The van der Waals surface area contributed by atoms with Crippen molar-refractivity contribution in [3.05, 3.63) is 0 Å². The van der Waals surface area contributed by atoms with E-state index in [-0.39, 0.29) is 6.42 Å². The third-order valence-corrected chi connectivity index (χ3v) is 1.44. The van der Waals surface area contributed by atoms with E-state index in [1.165, 1.54) is 46.0 Å². The van der Waals surface area contributed by atoms with Gasteiger partial charge in [0.05, 0.1) is 0 Å². The predicted molar refractivity (Wildman–Crippen MR) is 44.8 cm³/mol. The molecule has 9 heavy (non-hydrogen) atoms. The van der Waals surface area contributed by atoms with Crippen molar-refractivity contribution < 1.29 is 15.7 Å². The number of rotatable bonds is 2. The molecule has 0 aliphatic rings. The summed E-state index contributed by atoms with van der Waals surface area (Å²) in [7, 11) is 0. The van der Waals surface area contributed by atoms with Gasteiger partial charge in [0.25, 0.3) is 0 Å². The van der Waals surface area contributed by atoms with Gasteiger partial charge < -0.3 is 6.13 Å². The molecule has 0 saturated heterocycles. The molecule has 0 aromatic heterocycles. The maximum absolute atomic E-state index is 10.2. The van der Waals surface area contributed by atoms with Crippen LogP contribution >= 0.6 is 46.0 Å². The van der Waals surface area contributed by atoms with Gasteiger partial charge in [-0.1, -0.05) is 0 Å². The molecule has 0 heterocycles. The van der Waals surface area contributed by atoms with Gasteiger partial charge in [-0.15, -0.1) is 0 Å². The first-order valence-electron chi connectivity index (χ1n) is 1.83. The Bertz CT molecular complexity index is 109. The molecular weight excluding hydrogens is 354 g/mol. The minimum absolute atomic E-state index is 0.328. The van der Waals surface area contributed by atoms with Crippen LogP contribution in [0.2, 0.25) is 0 Å². The number of carbonyl (C=O) groups excluding carboxylic acids is 2. The molecule has 0 aliphatic carbocycles. The Morgan fingerprint density at radius 1 is 1.11 bits per heavy atom. The van der Waals surface area contributed by atoms with Crippen LogP contribution in [0.25, 0.3) is 0 Å². The largest absolute Gasteiger partial charge is 0.394 e. The third kappa shape index (κ3) is 4.88. The second-order valence-corrected chi connectivity index (χ2v) is 1.96. The lowest BCUT2D eigenvalue weighted by Gasteiger charge is -1.91. The van der Waals surface area contributed by atoms with Gasteiger partial charge in [-0.25, -0.2) is 0 Å². The maximum Gasteiger partial charge on any atom is 0.326 e. The molecule has 0 N–H and O–H groups in total. The van der Waals surface area contributed by atoms with Crippen LogP contribution in [0.5, 0.6) is 0 Å². The monoisotopic (exact) mass is 356 g/mol. The summed E-state index contributed by atoms with van der Waals surface area (Å²) in [5.74, 6) is -1.20. The van der Waals surface area contributed by atoms with Crippen molar-refractivity contribution in [3.63, 3.8) is 0 Å². The highest BCUT2D eigenvalue weighted by Gasteiger charge is 2.09. The van der Waals surface area contributed by atoms with Gasteiger partial charge in [-0.3, -0.25) is 9.59 Å². The summed E-state index contributed by atoms with van der Waals surface area (Å²) in [6, 6.07) is 0. The minimum atomic E-state index is -0.600. The fraction of sp³-hybridized carbons (Fsp3) is 0.333. The Labute approximate surface area is 79.6 Å². The molecular formula is C3H2I2O4. The molecule has 0 aliphatic heterocycles. The lowest BCUT2D eigenvalue weighted by Crippen LogP contribution is -2.06. The quantitative estimate of drug-likeness (QED) is 0.551. The van der Waals surface area contributed by atoms with Gasteiger partial charge in [-0.05, 0) is 0 Å². The maximum atomic E-state index is 10.2. The summed E-state index contributed by atoms with van der Waals surface area (Å²) in [4.78, 5) is 20.5. The first kappa shape index (κ1) is 9.40. The summed E-state index contributed by atoms with van der Waals surface area (Å²) in [6.45, 7) is 0. The fourth-order valence-electron chi connectivity index (χ4n) is 0.172. The van der Waals surface area contributed by atoms with Crippen molar-refractivity contribution in [2.24, 2.45) is 0 Å². The van der Waals surface area contributed by atoms with E-state index in [0.717, 1.165) is 0 Å². The zero-order valence-electron chi connectivity index (χ0n) is 4.10. The van der Waals surface area contributed by atoms with E-state index in [0.29, 0.717) is 0 Å². The molecule has 0 atom stereocenters. The minimum Gasteiger partial charge on any atom is -0.394 e. The summed E-state index contributed by atoms with van der Waals surface area (Å²) >= 11 is 2.81. The van der Waals surface area contributed by atoms with E-state index in [9.17, 15) is 9.59 Å². The smallest absolute Gasteiger partial charge is 0.326 e. The Morgan fingerprint density at radius 3 is 1.67 bits per heavy atom. The van der Waals surface area contributed by atoms with E-state index in [2.05, 4.69) is 6.13 Å². The standard InChI is InChI=1S/C3H2I2O4/c4-8-2(6)1-3(7)9-5/h1H2. The highest BCUT2D eigenvalue weighted by atomic mass is 127. The molecule has 6 heteroatoms. The van der Waals surface area contributed by atoms with Crippen molar-refractivity contribution in [2.45, 2.75) is 6.42 Å². The van der Waals surface area contributed by atoms with Crippen LogP contribution in [0, 0.1) is 0 Å². The van der Waals surface area contributed by atoms with Crippen LogP contribution in [0.1, 0.15) is 6.42 Å². The molecule has 52 valence electrons. The zero-order valence-corrected chi connectivity index (χ0v) is 8.41. The van der Waals surface area contributed by atoms with Crippen LogP contribution in [-0.4, -0.2) is 11.9 Å². The van der Waals surface area contributed by atoms with Crippen molar-refractivity contribution in [2.75, 3.05) is 0 Å². The van der Waals surface area contributed by atoms with Gasteiger partial charge in [0.1, 0.15) is 6.42 Å². The first-order chi connectivity index (χ1) is 4.20. The summed E-state index contributed by atoms with van der Waals surface area (Å²) in [5.41, 5.74) is 0. The Balaban J connectivity index is 3.47. The Kier molecular flexibility index (Phi) is 5.44. The van der Waals surface area contributed by atoms with Crippen LogP contribution in [0.15, 0.2) is 0 Å². The van der Waals surface area contributed by atoms with Gasteiger partial charge in [0, 0.05) is 0 Å². The van der Waals surface area contributed by atoms with Crippen molar-refractivity contribution in [1.29, 1.82) is 0 Å². The van der Waals surface area contributed by atoms with Crippen LogP contribution < -0.4 is 0 Å². The zero-order chi connectivity index (χ0) is 7.28. The summed E-state index contributed by atoms with van der Waals surface area (Å²) in [6.07, 6.45) is -0.328. The van der Waals surface area contributed by atoms with E-state index >= 15 is 0 Å². The normalized spacial score (nSPS) is 8.22. The fourth-order valence-corrected chi connectivity index (χ4v) is 0.484. The molecule has 0 fully saturated rings. The molecule has 0 radical (unpaired) electrons. The van der Waals surface area contributed by atoms with Crippen molar-refractivity contribution in [1.82, 2.24) is 0 Å². The second-order valence-electron chi connectivity index (χ2n) is 1.08. The highest BCUT2D eigenvalue weighted by Crippen LogP contribution is 1.97. The Hall–Kier alpha value is 0.400. The van der Waals surface area contributed by atoms with E-state index in [1.54, 1.807) is 0 Å². The second kappa shape index (κ2) is 5.21. The first-order valence-corrected chi connectivity index (χ1v) is 3.59. The molecule has 0 saturated carbocycles. The molecule has 0 amide bonds. The van der Waals surface area contributed by atoms with Crippen LogP contribution in [0.3, 0.4) is 0 Å². The van der Waals surface area contributed by atoms with E-state index in [1.807, 2.05) is 0 Å². The summed E-state index contributed by atoms with van der Waals surface area (Å²) < 4.78 is 8.30. The average molecular weight is 356 g/mol. The topological polar surface area (TPSA) is 52.6 Å². The van der Waals surface area contributed by atoms with Crippen LogP contribution in [0.4, 0.5) is 0 Å². The molecule has 0 rings (SSSR count). The van der Waals surface area contributed by atoms with Crippen LogP contribution in [-0.2, 0) is 15.7 Å². The average Bonchev–Trinajstić information content (AvgIpc) is 1.87. The number of carbonyl (C=O) groups is 2. The molecule has 0 aromatic carbocycles.